The molecule has 25 heavy (non-hydrogen) atoms. The average molecular weight is 335 g/mol. The number of hydrogen-bond donors (Lipinski definition) is 3. The van der Waals surface area contributed by atoms with Crippen LogP contribution in [0.15, 0.2) is 60.7 Å². The first kappa shape index (κ1) is 16.8. The van der Waals surface area contributed by atoms with E-state index in [2.05, 4.69) is 27.6 Å². The monoisotopic (exact) mass is 335 g/mol. The van der Waals surface area contributed by atoms with Gasteiger partial charge in [0.25, 0.3) is 5.91 Å². The molecule has 5 heteroatoms. The molecular formula is C20H21N3O2. The number of phenolic OH excluding ortho intramolecular Hbond substituents is 1. The number of aryl methyl sites for hydroxylation is 1. The van der Waals surface area contributed by atoms with Crippen LogP contribution >= 0.6 is 0 Å². The maximum atomic E-state index is 12.2. The van der Waals surface area contributed by atoms with E-state index in [-0.39, 0.29) is 11.7 Å². The molecule has 0 saturated heterocycles. The van der Waals surface area contributed by atoms with Crippen LogP contribution in [0, 0.1) is 0 Å². The van der Waals surface area contributed by atoms with Crippen molar-refractivity contribution in [1.29, 1.82) is 0 Å². The molecule has 0 unspecified atom stereocenters. The molecule has 3 N–H and O–H groups in total. The molecule has 0 aliphatic carbocycles. The number of unbranched alkanes of at least 4 members (excludes halogenated alkanes) is 1. The third kappa shape index (κ3) is 4.47. The number of hydrogen-bond acceptors (Lipinski definition) is 3. The number of nitrogens with one attached hydrogen (secondary N) is 2. The Morgan fingerprint density at radius 2 is 1.80 bits per heavy atom. The van der Waals surface area contributed by atoms with E-state index in [4.69, 9.17) is 0 Å². The highest BCUT2D eigenvalue weighted by molar-refractivity contribution is 5.93. The van der Waals surface area contributed by atoms with Gasteiger partial charge >= 0.3 is 0 Å². The summed E-state index contributed by atoms with van der Waals surface area (Å²) in [5, 5.41) is 19.6. The minimum absolute atomic E-state index is 0.141. The zero-order valence-corrected chi connectivity index (χ0v) is 13.9. The van der Waals surface area contributed by atoms with Crippen molar-refractivity contribution in [3.63, 3.8) is 0 Å². The second-order valence-corrected chi connectivity index (χ2v) is 5.88. The molecule has 0 spiro atoms. The molecule has 0 saturated carbocycles. The molecule has 0 aliphatic rings. The van der Waals surface area contributed by atoms with Gasteiger partial charge in [0.15, 0.2) is 0 Å². The highest BCUT2D eigenvalue weighted by atomic mass is 16.3. The van der Waals surface area contributed by atoms with Crippen LogP contribution in [0.1, 0.15) is 28.9 Å². The van der Waals surface area contributed by atoms with Crippen LogP contribution in [-0.4, -0.2) is 27.8 Å². The lowest BCUT2D eigenvalue weighted by molar-refractivity contribution is 0.0948. The van der Waals surface area contributed by atoms with E-state index in [1.807, 2.05) is 24.3 Å². The van der Waals surface area contributed by atoms with Crippen molar-refractivity contribution in [3.8, 4) is 17.0 Å². The van der Waals surface area contributed by atoms with Crippen LogP contribution in [0.2, 0.25) is 0 Å². The minimum atomic E-state index is -0.186. The Morgan fingerprint density at radius 3 is 2.60 bits per heavy atom. The van der Waals surface area contributed by atoms with Crippen LogP contribution in [0.4, 0.5) is 0 Å². The fraction of sp³-hybridized carbons (Fsp3) is 0.200. The predicted octanol–water partition coefficient (Wildman–Crippen LogP) is 3.54. The fourth-order valence-corrected chi connectivity index (χ4v) is 2.66. The smallest absolute Gasteiger partial charge is 0.269 e. The van der Waals surface area contributed by atoms with Crippen molar-refractivity contribution >= 4 is 5.91 Å². The van der Waals surface area contributed by atoms with Gasteiger partial charge in [-0.1, -0.05) is 42.5 Å². The highest BCUT2D eigenvalue weighted by Crippen LogP contribution is 2.27. The summed E-state index contributed by atoms with van der Waals surface area (Å²) >= 11 is 0. The summed E-state index contributed by atoms with van der Waals surface area (Å²) in [5.74, 6) is -0.0456. The molecule has 0 fully saturated rings. The lowest BCUT2D eigenvalue weighted by Gasteiger charge is -2.04. The van der Waals surface area contributed by atoms with Gasteiger partial charge in [-0.15, -0.1) is 0 Å². The lowest BCUT2D eigenvalue weighted by atomic mass is 10.1. The maximum absolute atomic E-state index is 12.2. The van der Waals surface area contributed by atoms with Crippen molar-refractivity contribution in [2.75, 3.05) is 6.54 Å². The van der Waals surface area contributed by atoms with Crippen LogP contribution in [0.3, 0.4) is 0 Å². The molecule has 0 radical (unpaired) electrons. The van der Waals surface area contributed by atoms with Gasteiger partial charge in [-0.25, -0.2) is 0 Å². The van der Waals surface area contributed by atoms with E-state index < -0.39 is 0 Å². The minimum Gasteiger partial charge on any atom is -0.507 e. The second-order valence-electron chi connectivity index (χ2n) is 5.88. The molecule has 0 atom stereocenters. The average Bonchev–Trinajstić information content (AvgIpc) is 3.12. The molecule has 1 heterocycles. The Kier molecular flexibility index (Phi) is 5.46. The van der Waals surface area contributed by atoms with Gasteiger partial charge in [-0.2, -0.15) is 5.10 Å². The molecule has 1 amide bonds. The zero-order chi connectivity index (χ0) is 17.5. The SMILES string of the molecule is O=C(NCCCCc1ccccc1)c1cc(-c2ccccc2O)n[nH]1. The Hall–Kier alpha value is -3.08. The Morgan fingerprint density at radius 1 is 1.04 bits per heavy atom. The molecule has 5 nitrogen and oxygen atoms in total. The van der Waals surface area contributed by atoms with E-state index in [9.17, 15) is 9.90 Å². The summed E-state index contributed by atoms with van der Waals surface area (Å²) in [7, 11) is 0. The summed E-state index contributed by atoms with van der Waals surface area (Å²) in [6.45, 7) is 0.622. The topological polar surface area (TPSA) is 78.0 Å². The van der Waals surface area contributed by atoms with Crippen LogP contribution in [-0.2, 0) is 6.42 Å². The van der Waals surface area contributed by atoms with E-state index in [1.165, 1.54) is 5.56 Å². The normalized spacial score (nSPS) is 10.6. The number of aromatic nitrogens is 2. The van der Waals surface area contributed by atoms with Gasteiger partial charge in [0.2, 0.25) is 0 Å². The Labute approximate surface area is 146 Å². The van der Waals surface area contributed by atoms with Gasteiger partial charge in [0.05, 0.1) is 5.69 Å². The van der Waals surface area contributed by atoms with Crippen molar-refractivity contribution < 1.29 is 9.90 Å². The molecule has 3 aromatic rings. The number of aromatic amines is 1. The quantitative estimate of drug-likeness (QED) is 0.578. The summed E-state index contributed by atoms with van der Waals surface area (Å²) in [4.78, 5) is 12.2. The van der Waals surface area contributed by atoms with Crippen molar-refractivity contribution in [2.24, 2.45) is 0 Å². The lowest BCUT2D eigenvalue weighted by Crippen LogP contribution is -2.24. The Bertz CT molecular complexity index is 828. The van der Waals surface area contributed by atoms with Gasteiger partial charge in [0.1, 0.15) is 11.4 Å². The van der Waals surface area contributed by atoms with E-state index in [0.717, 1.165) is 19.3 Å². The fourth-order valence-electron chi connectivity index (χ4n) is 2.66. The number of nitrogens with zero attached hydrogens (tertiary/aromatic N) is 1. The number of rotatable bonds is 7. The summed E-state index contributed by atoms with van der Waals surface area (Å²) in [6, 6.07) is 18.9. The predicted molar refractivity (Wildman–Crippen MR) is 97.4 cm³/mol. The summed E-state index contributed by atoms with van der Waals surface area (Å²) < 4.78 is 0. The first-order valence-electron chi connectivity index (χ1n) is 8.40. The third-order valence-electron chi connectivity index (χ3n) is 4.02. The van der Waals surface area contributed by atoms with Crippen molar-refractivity contribution in [2.45, 2.75) is 19.3 Å². The highest BCUT2D eigenvalue weighted by Gasteiger charge is 2.12. The molecule has 0 bridgehead atoms. The molecule has 2 aromatic carbocycles. The second kappa shape index (κ2) is 8.15. The standard InChI is InChI=1S/C20H21N3O2/c24-19-12-5-4-11-16(19)17-14-18(23-22-17)20(25)21-13-7-6-10-15-8-2-1-3-9-15/h1-5,8-9,11-12,14,24H,6-7,10,13H2,(H,21,25)(H,22,23). The number of carbonyl (C=O) groups is 1. The molecular weight excluding hydrogens is 314 g/mol. The first-order chi connectivity index (χ1) is 12.2. The van der Waals surface area contributed by atoms with Crippen molar-refractivity contribution in [3.05, 3.63) is 71.9 Å². The Balaban J connectivity index is 1.47. The zero-order valence-electron chi connectivity index (χ0n) is 13.9. The third-order valence-corrected chi connectivity index (χ3v) is 4.02. The number of carbonyl (C=O) groups excluding carboxylic acids is 1. The number of phenols is 1. The largest absolute Gasteiger partial charge is 0.507 e. The number of amides is 1. The first-order valence-corrected chi connectivity index (χ1v) is 8.40. The number of H-pyrrole nitrogens is 1. The van der Waals surface area contributed by atoms with Crippen LogP contribution < -0.4 is 5.32 Å². The van der Waals surface area contributed by atoms with Gasteiger partial charge in [-0.05, 0) is 43.0 Å². The molecule has 0 aliphatic heterocycles. The molecule has 3 rings (SSSR count). The summed E-state index contributed by atoms with van der Waals surface area (Å²) in [5.41, 5.74) is 2.85. The number of para-hydroxylation sites is 1. The maximum Gasteiger partial charge on any atom is 0.269 e. The molecule has 1 aromatic heterocycles. The van der Waals surface area contributed by atoms with Crippen molar-refractivity contribution in [1.82, 2.24) is 15.5 Å². The van der Waals surface area contributed by atoms with E-state index >= 15 is 0 Å². The number of aromatic hydroxyl groups is 1. The van der Waals surface area contributed by atoms with Gasteiger partial charge in [0, 0.05) is 12.1 Å². The van der Waals surface area contributed by atoms with Gasteiger partial charge in [-0.3, -0.25) is 9.89 Å². The van der Waals surface area contributed by atoms with E-state index in [1.54, 1.807) is 24.3 Å². The van der Waals surface area contributed by atoms with Crippen LogP contribution in [0.25, 0.3) is 11.3 Å². The number of benzene rings is 2. The molecule has 128 valence electrons. The van der Waals surface area contributed by atoms with E-state index in [0.29, 0.717) is 23.5 Å². The van der Waals surface area contributed by atoms with Gasteiger partial charge < -0.3 is 10.4 Å². The summed E-state index contributed by atoms with van der Waals surface area (Å²) in [6.07, 6.45) is 2.95. The van der Waals surface area contributed by atoms with Crippen LogP contribution in [0.5, 0.6) is 5.75 Å².